The number of nitrogens with zero attached hydrogens (tertiary/aromatic N) is 1. The molecule has 0 aromatic heterocycles. The van der Waals surface area contributed by atoms with E-state index in [-0.39, 0.29) is 0 Å². The summed E-state index contributed by atoms with van der Waals surface area (Å²) in [4.78, 5) is 15.1. The third-order valence-corrected chi connectivity index (χ3v) is 3.71. The van der Waals surface area contributed by atoms with Gasteiger partial charge in [0.25, 0.3) is 0 Å². The second kappa shape index (κ2) is 3.68. The van der Waals surface area contributed by atoms with Crippen molar-refractivity contribution in [3.05, 3.63) is 48.5 Å². The van der Waals surface area contributed by atoms with Gasteiger partial charge in [0.05, 0.1) is 11.4 Å². The molecule has 2 nitrogen and oxygen atoms in total. The number of para-hydroxylation sites is 2. The number of carbonyl (C=O) groups excluding carboxylic acids is 1. The van der Waals surface area contributed by atoms with Gasteiger partial charge in [-0.2, -0.15) is 0 Å². The fourth-order valence-electron chi connectivity index (χ4n) is 1.85. The molecular weight excluding hydrogens is 218 g/mol. The van der Waals surface area contributed by atoms with Crippen LogP contribution in [0.25, 0.3) is 0 Å². The highest BCUT2D eigenvalue weighted by molar-refractivity contribution is 7.99. The van der Waals surface area contributed by atoms with E-state index in [9.17, 15) is 4.79 Å². The van der Waals surface area contributed by atoms with Gasteiger partial charge in [0.1, 0.15) is 0 Å². The van der Waals surface area contributed by atoms with E-state index in [2.05, 4.69) is 0 Å². The number of rotatable bonds is 1. The minimum atomic E-state index is 0.872. The van der Waals surface area contributed by atoms with E-state index in [1.807, 2.05) is 48.5 Å². The van der Waals surface area contributed by atoms with Crippen molar-refractivity contribution in [3.8, 4) is 0 Å². The van der Waals surface area contributed by atoms with Gasteiger partial charge in [0, 0.05) is 9.79 Å². The van der Waals surface area contributed by atoms with Gasteiger partial charge in [-0.05, 0) is 24.3 Å². The Kier molecular flexibility index (Phi) is 2.18. The molecule has 0 unspecified atom stereocenters. The van der Waals surface area contributed by atoms with Crippen molar-refractivity contribution in [2.45, 2.75) is 9.79 Å². The van der Waals surface area contributed by atoms with Crippen LogP contribution < -0.4 is 4.90 Å². The summed E-state index contributed by atoms with van der Waals surface area (Å²) in [5.41, 5.74) is 1.92. The first-order valence-electron chi connectivity index (χ1n) is 5.00. The SMILES string of the molecule is O=CN1c2ccccc2Sc2ccccc21. The quantitative estimate of drug-likeness (QED) is 0.695. The van der Waals surface area contributed by atoms with Gasteiger partial charge in [-0.25, -0.2) is 0 Å². The predicted octanol–water partition coefficient (Wildman–Crippen LogP) is 3.45. The van der Waals surface area contributed by atoms with E-state index in [0.29, 0.717) is 0 Å². The van der Waals surface area contributed by atoms with E-state index in [4.69, 9.17) is 0 Å². The maximum absolute atomic E-state index is 11.2. The summed E-state index contributed by atoms with van der Waals surface area (Å²) < 4.78 is 0. The summed E-state index contributed by atoms with van der Waals surface area (Å²) >= 11 is 1.70. The Morgan fingerprint density at radius 1 is 0.875 bits per heavy atom. The van der Waals surface area contributed by atoms with Gasteiger partial charge >= 0.3 is 0 Å². The number of amides is 1. The molecule has 0 saturated heterocycles. The van der Waals surface area contributed by atoms with Crippen LogP contribution in [-0.2, 0) is 4.79 Å². The monoisotopic (exact) mass is 227 g/mol. The molecule has 1 heterocycles. The largest absolute Gasteiger partial charge is 0.281 e. The van der Waals surface area contributed by atoms with E-state index in [0.717, 1.165) is 27.6 Å². The molecule has 2 aromatic carbocycles. The highest BCUT2D eigenvalue weighted by atomic mass is 32.2. The third kappa shape index (κ3) is 1.32. The number of carbonyl (C=O) groups is 1. The lowest BCUT2D eigenvalue weighted by Gasteiger charge is -2.27. The van der Waals surface area contributed by atoms with E-state index < -0.39 is 0 Å². The van der Waals surface area contributed by atoms with Crippen LogP contribution >= 0.6 is 11.8 Å². The van der Waals surface area contributed by atoms with Crippen molar-refractivity contribution in [1.29, 1.82) is 0 Å². The molecule has 1 aliphatic rings. The molecule has 78 valence electrons. The van der Waals surface area contributed by atoms with Crippen LogP contribution in [0.1, 0.15) is 0 Å². The molecule has 1 aliphatic heterocycles. The van der Waals surface area contributed by atoms with Crippen molar-refractivity contribution in [3.63, 3.8) is 0 Å². The highest BCUT2D eigenvalue weighted by Gasteiger charge is 2.21. The van der Waals surface area contributed by atoms with Gasteiger partial charge in [-0.3, -0.25) is 9.69 Å². The molecule has 2 aromatic rings. The molecule has 3 heteroatoms. The van der Waals surface area contributed by atoms with Crippen LogP contribution in [0.4, 0.5) is 11.4 Å². The Morgan fingerprint density at radius 2 is 1.38 bits per heavy atom. The van der Waals surface area contributed by atoms with Gasteiger partial charge in [0.15, 0.2) is 0 Å². The molecule has 3 rings (SSSR count). The maximum Gasteiger partial charge on any atom is 0.218 e. The molecule has 0 bridgehead atoms. The Labute approximate surface area is 97.9 Å². The van der Waals surface area contributed by atoms with E-state index in [1.165, 1.54) is 0 Å². The molecule has 0 radical (unpaired) electrons. The number of fused-ring (bicyclic) bond motifs is 2. The molecule has 0 fully saturated rings. The van der Waals surface area contributed by atoms with Crippen molar-refractivity contribution in [2.24, 2.45) is 0 Å². The second-order valence-corrected chi connectivity index (χ2v) is 4.60. The molecule has 0 atom stereocenters. The summed E-state index contributed by atoms with van der Waals surface area (Å²) in [6, 6.07) is 15.9. The number of hydrogen-bond acceptors (Lipinski definition) is 2. The summed E-state index contributed by atoms with van der Waals surface area (Å²) in [5, 5.41) is 0. The average Bonchev–Trinajstić information content (AvgIpc) is 2.36. The third-order valence-electron chi connectivity index (χ3n) is 2.57. The smallest absolute Gasteiger partial charge is 0.218 e. The predicted molar refractivity (Wildman–Crippen MR) is 65.2 cm³/mol. The lowest BCUT2D eigenvalue weighted by Crippen LogP contribution is -2.17. The normalized spacial score (nSPS) is 12.9. The number of benzene rings is 2. The molecule has 0 saturated carbocycles. The highest BCUT2D eigenvalue weighted by Crippen LogP contribution is 2.46. The zero-order valence-corrected chi connectivity index (χ0v) is 9.28. The Bertz CT molecular complexity index is 508. The average molecular weight is 227 g/mol. The first kappa shape index (κ1) is 9.48. The molecule has 0 aliphatic carbocycles. The van der Waals surface area contributed by atoms with Crippen LogP contribution in [0, 0.1) is 0 Å². The first-order valence-corrected chi connectivity index (χ1v) is 5.82. The van der Waals surface area contributed by atoms with Crippen molar-refractivity contribution >= 4 is 29.5 Å². The minimum Gasteiger partial charge on any atom is -0.281 e. The molecule has 16 heavy (non-hydrogen) atoms. The molecular formula is C13H9NOS. The van der Waals surface area contributed by atoms with Crippen LogP contribution in [0.5, 0.6) is 0 Å². The fourth-order valence-corrected chi connectivity index (χ4v) is 2.92. The van der Waals surface area contributed by atoms with E-state index >= 15 is 0 Å². The summed E-state index contributed by atoms with van der Waals surface area (Å²) in [7, 11) is 0. The molecule has 1 amide bonds. The molecule has 0 N–H and O–H groups in total. The van der Waals surface area contributed by atoms with Gasteiger partial charge in [-0.1, -0.05) is 36.0 Å². The lowest BCUT2D eigenvalue weighted by molar-refractivity contribution is -0.106. The van der Waals surface area contributed by atoms with Gasteiger partial charge in [0.2, 0.25) is 6.41 Å². The summed E-state index contributed by atoms with van der Waals surface area (Å²) in [6.45, 7) is 0. The van der Waals surface area contributed by atoms with Crippen LogP contribution in [-0.4, -0.2) is 6.41 Å². The van der Waals surface area contributed by atoms with Crippen LogP contribution in [0.15, 0.2) is 58.3 Å². The fraction of sp³-hybridized carbons (Fsp3) is 0. The first-order chi connectivity index (χ1) is 7.90. The Morgan fingerprint density at radius 3 is 1.88 bits per heavy atom. The summed E-state index contributed by atoms with van der Waals surface area (Å²) in [5.74, 6) is 0. The van der Waals surface area contributed by atoms with Crippen molar-refractivity contribution in [2.75, 3.05) is 4.90 Å². The number of hydrogen-bond donors (Lipinski definition) is 0. The molecule has 0 spiro atoms. The Balaban J connectivity index is 2.23. The van der Waals surface area contributed by atoms with Gasteiger partial charge in [-0.15, -0.1) is 0 Å². The second-order valence-electron chi connectivity index (χ2n) is 3.51. The van der Waals surface area contributed by atoms with Crippen LogP contribution in [0.2, 0.25) is 0 Å². The van der Waals surface area contributed by atoms with Gasteiger partial charge < -0.3 is 0 Å². The van der Waals surface area contributed by atoms with E-state index in [1.54, 1.807) is 16.7 Å². The standard InChI is InChI=1S/C13H9NOS/c15-9-14-10-5-1-3-7-12(10)16-13-8-4-2-6-11(13)14/h1-9H. The van der Waals surface area contributed by atoms with Crippen molar-refractivity contribution < 1.29 is 4.79 Å². The zero-order valence-electron chi connectivity index (χ0n) is 8.46. The topological polar surface area (TPSA) is 20.3 Å². The van der Waals surface area contributed by atoms with Crippen molar-refractivity contribution in [1.82, 2.24) is 0 Å². The summed E-state index contributed by atoms with van der Waals surface area (Å²) in [6.07, 6.45) is 0.872. The van der Waals surface area contributed by atoms with Crippen LogP contribution in [0.3, 0.4) is 0 Å². The lowest BCUT2D eigenvalue weighted by atomic mass is 10.2. The zero-order chi connectivity index (χ0) is 11.0. The number of anilines is 2. The maximum atomic E-state index is 11.2. The Hall–Kier alpha value is -1.74. The minimum absolute atomic E-state index is 0.872.